The highest BCUT2D eigenvalue weighted by Gasteiger charge is 2.66. The number of halogens is 3. The van der Waals surface area contributed by atoms with Gasteiger partial charge in [0.05, 0.1) is 36.2 Å². The number of ether oxygens (including phenoxy) is 2. The largest absolute Gasteiger partial charge is 0.495 e. The number of anilines is 2. The predicted molar refractivity (Wildman–Crippen MR) is 152 cm³/mol. The number of hydrogen-bond donors (Lipinski definition) is 0. The van der Waals surface area contributed by atoms with Crippen LogP contribution in [0.3, 0.4) is 0 Å². The first-order valence-corrected chi connectivity index (χ1v) is 14.9. The summed E-state index contributed by atoms with van der Waals surface area (Å²) in [6.45, 7) is 1.92. The van der Waals surface area contributed by atoms with Crippen molar-refractivity contribution in [3.05, 3.63) is 47.0 Å². The van der Waals surface area contributed by atoms with E-state index < -0.39 is 11.9 Å². The van der Waals surface area contributed by atoms with Crippen LogP contribution in [0.5, 0.6) is 11.5 Å². The Bertz CT molecular complexity index is 1390. The maximum Gasteiger partial charge on any atom is 0.316 e. The molecule has 2 heterocycles. The van der Waals surface area contributed by atoms with Crippen LogP contribution in [0.15, 0.2) is 36.4 Å². The third-order valence-electron chi connectivity index (χ3n) is 8.50. The topological polar surface area (TPSA) is 93.2 Å². The van der Waals surface area contributed by atoms with Gasteiger partial charge in [0.15, 0.2) is 0 Å². The minimum Gasteiger partial charge on any atom is -0.495 e. The molecule has 2 saturated carbocycles. The Morgan fingerprint density at radius 3 is 2.26 bits per heavy atom. The summed E-state index contributed by atoms with van der Waals surface area (Å²) in [6, 6.07) is 9.84. The van der Waals surface area contributed by atoms with Crippen LogP contribution in [0.1, 0.15) is 18.4 Å². The van der Waals surface area contributed by atoms with E-state index in [-0.39, 0.29) is 69.8 Å². The number of nitrogens with zero attached hydrogens (tertiary/aromatic N) is 2. The Balaban J connectivity index is 1.17. The average molecular weight is 681 g/mol. The highest BCUT2D eigenvalue weighted by Crippen LogP contribution is 2.60. The fourth-order valence-electron chi connectivity index (χ4n) is 6.70. The van der Waals surface area contributed by atoms with E-state index in [1.165, 1.54) is 16.9 Å². The number of amides is 3. The maximum atomic E-state index is 13.4. The van der Waals surface area contributed by atoms with E-state index in [0.29, 0.717) is 27.7 Å². The quantitative estimate of drug-likeness (QED) is 0.193. The zero-order valence-corrected chi connectivity index (χ0v) is 25.0. The van der Waals surface area contributed by atoms with Gasteiger partial charge in [0.1, 0.15) is 11.5 Å². The van der Waals surface area contributed by atoms with Gasteiger partial charge in [0, 0.05) is 27.6 Å². The highest BCUT2D eigenvalue weighted by atomic mass is 79.9. The van der Waals surface area contributed by atoms with Gasteiger partial charge in [-0.25, -0.2) is 4.90 Å². The highest BCUT2D eigenvalue weighted by molar-refractivity contribution is 9.12. The molecular weight excluding hydrogens is 656 g/mol. The lowest BCUT2D eigenvalue weighted by Crippen LogP contribution is -2.37. The molecule has 204 valence electrons. The van der Waals surface area contributed by atoms with E-state index in [0.717, 1.165) is 6.42 Å². The first kappa shape index (κ1) is 26.8. The Hall–Kier alpha value is -2.43. The van der Waals surface area contributed by atoms with E-state index in [2.05, 4.69) is 31.9 Å². The number of imide groups is 1. The van der Waals surface area contributed by atoms with Crippen molar-refractivity contribution in [3.8, 4) is 11.5 Å². The lowest BCUT2D eigenvalue weighted by atomic mass is 9.81. The molecule has 0 radical (unpaired) electrons. The monoisotopic (exact) mass is 678 g/mol. The van der Waals surface area contributed by atoms with Crippen LogP contribution >= 0.6 is 43.5 Å². The molecule has 0 N–H and O–H groups in total. The van der Waals surface area contributed by atoms with Crippen LogP contribution in [-0.4, -0.2) is 47.0 Å². The fourth-order valence-corrected chi connectivity index (χ4v) is 8.74. The summed E-state index contributed by atoms with van der Waals surface area (Å²) in [7, 11) is 1.50. The van der Waals surface area contributed by atoms with E-state index >= 15 is 0 Å². The second-order valence-corrected chi connectivity index (χ2v) is 13.2. The summed E-state index contributed by atoms with van der Waals surface area (Å²) in [4.78, 5) is 55.7. The first-order chi connectivity index (χ1) is 18.6. The van der Waals surface area contributed by atoms with Gasteiger partial charge in [-0.1, -0.05) is 43.5 Å². The van der Waals surface area contributed by atoms with Crippen LogP contribution < -0.4 is 19.3 Å². The molecule has 0 unspecified atom stereocenters. The van der Waals surface area contributed by atoms with Crippen molar-refractivity contribution in [1.29, 1.82) is 0 Å². The molecule has 8 nitrogen and oxygen atoms in total. The van der Waals surface area contributed by atoms with Crippen LogP contribution in [0.2, 0.25) is 5.02 Å². The number of fused-ring (bicyclic) bond motifs is 5. The summed E-state index contributed by atoms with van der Waals surface area (Å²) in [5, 5.41) is 0.450. The molecular formula is C28H25Br2ClN2O6. The SMILES string of the molecule is COc1ccc(Cl)cc1N1C[C@H](C(=O)Oc2ccc(N3C(=O)[C@@H]4[C@H]5C[C@@H]([C@H](Br)[C@H]5Br)[C@@H]4C3=O)c(C)c2)CC1=O. The van der Waals surface area contributed by atoms with Gasteiger partial charge in [-0.05, 0) is 67.1 Å². The van der Waals surface area contributed by atoms with E-state index in [9.17, 15) is 19.2 Å². The van der Waals surface area contributed by atoms with E-state index in [1.54, 1.807) is 43.3 Å². The Labute approximate surface area is 247 Å². The fraction of sp³-hybridized carbons (Fsp3) is 0.429. The van der Waals surface area contributed by atoms with E-state index in [4.69, 9.17) is 21.1 Å². The van der Waals surface area contributed by atoms with Gasteiger partial charge in [-0.3, -0.25) is 19.2 Å². The number of hydrogen-bond acceptors (Lipinski definition) is 6. The molecule has 2 aromatic carbocycles. The van der Waals surface area contributed by atoms with Crippen molar-refractivity contribution in [2.75, 3.05) is 23.5 Å². The predicted octanol–water partition coefficient (Wildman–Crippen LogP) is 4.90. The smallest absolute Gasteiger partial charge is 0.316 e. The summed E-state index contributed by atoms with van der Waals surface area (Å²) in [5.74, 6) is -1.34. The Morgan fingerprint density at radius 2 is 1.64 bits per heavy atom. The number of methoxy groups -OCH3 is 1. The van der Waals surface area contributed by atoms with Crippen molar-refractivity contribution in [2.24, 2.45) is 29.6 Å². The third kappa shape index (κ3) is 4.21. The second-order valence-electron chi connectivity index (χ2n) is 10.6. The number of carbonyl (C=O) groups is 4. The Kier molecular flexibility index (Phi) is 6.79. The molecule has 6 rings (SSSR count). The molecule has 3 amide bonds. The summed E-state index contributed by atoms with van der Waals surface area (Å²) in [5.41, 5.74) is 1.65. The molecule has 2 saturated heterocycles. The molecule has 2 aliphatic heterocycles. The summed E-state index contributed by atoms with van der Waals surface area (Å²) >= 11 is 13.5. The Morgan fingerprint density at radius 1 is 0.974 bits per heavy atom. The normalized spacial score (nSPS) is 31.3. The van der Waals surface area contributed by atoms with Gasteiger partial charge in [0.2, 0.25) is 17.7 Å². The van der Waals surface area contributed by atoms with Crippen molar-refractivity contribution in [1.82, 2.24) is 0 Å². The molecule has 11 heteroatoms. The second kappa shape index (κ2) is 9.89. The number of alkyl halides is 2. The van der Waals surface area contributed by atoms with Gasteiger partial charge in [-0.2, -0.15) is 0 Å². The van der Waals surface area contributed by atoms with Crippen molar-refractivity contribution in [3.63, 3.8) is 0 Å². The zero-order valence-electron chi connectivity index (χ0n) is 21.1. The third-order valence-corrected chi connectivity index (χ3v) is 11.9. The summed E-state index contributed by atoms with van der Waals surface area (Å²) < 4.78 is 11.0. The first-order valence-electron chi connectivity index (χ1n) is 12.7. The molecule has 4 fully saturated rings. The molecule has 2 aromatic rings. The molecule has 0 spiro atoms. The van der Waals surface area contributed by atoms with Crippen molar-refractivity contribution >= 4 is 78.5 Å². The summed E-state index contributed by atoms with van der Waals surface area (Å²) in [6.07, 6.45) is 0.863. The average Bonchev–Trinajstić information content (AvgIpc) is 3.62. The molecule has 4 aliphatic rings. The standard InChI is InChI=1S/C28H25Br2ClN2O6/c1-12-7-15(39-28(37)13-8-21(34)32(11-13)19-9-14(31)3-6-20(19)38-2)4-5-18(12)33-26(35)22-16-10-17(23(22)27(33)36)25(30)24(16)29/h3-7,9,13,16-17,22-25H,8,10-11H2,1-2H3/t13-,16-,17-,22-,23+,24+,25+/m1/s1. The van der Waals surface area contributed by atoms with Crippen molar-refractivity contribution < 1.29 is 28.7 Å². The zero-order chi connectivity index (χ0) is 27.7. The molecule has 7 atom stereocenters. The molecule has 2 aliphatic carbocycles. The van der Waals surface area contributed by atoms with Gasteiger partial charge < -0.3 is 14.4 Å². The van der Waals surface area contributed by atoms with Crippen LogP contribution in [0, 0.1) is 36.5 Å². The van der Waals surface area contributed by atoms with Crippen molar-refractivity contribution in [2.45, 2.75) is 29.4 Å². The molecule has 0 aromatic heterocycles. The van der Waals surface area contributed by atoms with Gasteiger partial charge in [-0.15, -0.1) is 0 Å². The maximum absolute atomic E-state index is 13.4. The number of benzene rings is 2. The lowest BCUT2D eigenvalue weighted by Gasteiger charge is -2.28. The minimum absolute atomic E-state index is 0.00338. The van der Waals surface area contributed by atoms with E-state index in [1.807, 2.05) is 0 Å². The molecule has 39 heavy (non-hydrogen) atoms. The lowest BCUT2D eigenvalue weighted by molar-refractivity contribution is -0.139. The van der Waals surface area contributed by atoms with Gasteiger partial charge >= 0.3 is 5.97 Å². The number of rotatable bonds is 5. The minimum atomic E-state index is -0.674. The van der Waals surface area contributed by atoms with Gasteiger partial charge in [0.25, 0.3) is 0 Å². The number of aryl methyl sites for hydroxylation is 1. The molecule has 2 bridgehead atoms. The van der Waals surface area contributed by atoms with Crippen LogP contribution in [0.4, 0.5) is 11.4 Å². The number of carbonyl (C=O) groups excluding carboxylic acids is 4. The van der Waals surface area contributed by atoms with Crippen LogP contribution in [-0.2, 0) is 19.2 Å². The number of esters is 1. The van der Waals surface area contributed by atoms with Crippen LogP contribution in [0.25, 0.3) is 0 Å².